The maximum Gasteiger partial charge on any atom is 0.241 e. The zero-order valence-corrected chi connectivity index (χ0v) is 9.57. The minimum absolute atomic E-state index is 0.268. The number of hydrogen-bond donors (Lipinski definition) is 2. The Morgan fingerprint density at radius 1 is 1.88 bits per heavy atom. The van der Waals surface area contributed by atoms with Gasteiger partial charge in [-0.05, 0) is 12.5 Å². The van der Waals surface area contributed by atoms with E-state index >= 15 is 0 Å². The van der Waals surface area contributed by atoms with Gasteiger partial charge in [0.1, 0.15) is 11.0 Å². The first-order valence-electron chi connectivity index (χ1n) is 4.60. The Hall–Kier alpha value is -1.63. The molecule has 16 heavy (non-hydrogen) atoms. The second-order valence-electron chi connectivity index (χ2n) is 3.07. The fraction of sp³-hybridized carbons (Fsp3) is 0.500. The summed E-state index contributed by atoms with van der Waals surface area (Å²) in [7, 11) is 0. The first-order chi connectivity index (χ1) is 7.65. The van der Waals surface area contributed by atoms with Crippen LogP contribution in [0.4, 0.5) is 0 Å². The number of thiazole rings is 1. The summed E-state index contributed by atoms with van der Waals surface area (Å²) in [6, 6.07) is -0.618. The molecule has 1 aromatic rings. The van der Waals surface area contributed by atoms with Gasteiger partial charge in [0.25, 0.3) is 0 Å². The zero-order valence-electron chi connectivity index (χ0n) is 8.75. The Morgan fingerprint density at radius 3 is 3.12 bits per heavy atom. The van der Waals surface area contributed by atoms with Gasteiger partial charge in [-0.2, -0.15) is 0 Å². The summed E-state index contributed by atoms with van der Waals surface area (Å²) in [5.74, 6) is -0.490. The van der Waals surface area contributed by atoms with Gasteiger partial charge in [-0.25, -0.2) is 4.98 Å². The highest BCUT2D eigenvalue weighted by atomic mass is 32.1. The average Bonchev–Trinajstić information content (AvgIpc) is 2.64. The largest absolute Gasteiger partial charge is 0.368 e. The van der Waals surface area contributed by atoms with Gasteiger partial charge < -0.3 is 11.1 Å². The lowest BCUT2D eigenvalue weighted by Gasteiger charge is -2.11. The highest BCUT2D eigenvalue weighted by Gasteiger charge is 2.19. The van der Waals surface area contributed by atoms with E-state index in [2.05, 4.69) is 20.3 Å². The minimum atomic E-state index is -0.618. The maximum absolute atomic E-state index is 11.2. The second kappa shape index (κ2) is 6.06. The summed E-state index contributed by atoms with van der Waals surface area (Å²) >= 11 is 1.37. The van der Waals surface area contributed by atoms with Gasteiger partial charge in [-0.15, -0.1) is 11.3 Å². The summed E-state index contributed by atoms with van der Waals surface area (Å²) in [6.45, 7) is 2.50. The van der Waals surface area contributed by atoms with Crippen molar-refractivity contribution in [3.05, 3.63) is 26.5 Å². The lowest BCUT2D eigenvalue weighted by Crippen LogP contribution is -2.34. The number of rotatable bonds is 6. The summed E-state index contributed by atoms with van der Waals surface area (Å²) in [6.07, 6.45) is 0. The Morgan fingerprint density at radius 2 is 2.62 bits per heavy atom. The standard InChI is InChI=1S/C8H12N6OS/c1-5-4-16-8(13-5)6(7(9)15)11-2-3-12-14-10/h4,6,11H,2-3H2,1H3,(H2,9,15). The van der Waals surface area contributed by atoms with Gasteiger partial charge in [0.05, 0.1) is 0 Å². The molecule has 1 unspecified atom stereocenters. The van der Waals surface area contributed by atoms with E-state index in [1.807, 2.05) is 12.3 Å². The Bertz CT molecular complexity index is 410. The third kappa shape index (κ3) is 3.50. The Kier molecular flexibility index (Phi) is 4.71. The molecule has 0 radical (unpaired) electrons. The summed E-state index contributed by atoms with van der Waals surface area (Å²) in [5.41, 5.74) is 14.2. The van der Waals surface area contributed by atoms with Gasteiger partial charge in [0.15, 0.2) is 0 Å². The van der Waals surface area contributed by atoms with E-state index in [1.54, 1.807) is 0 Å². The molecule has 0 aliphatic carbocycles. The molecule has 0 saturated carbocycles. The third-order valence-corrected chi connectivity index (χ3v) is 2.82. The molecule has 3 N–H and O–H groups in total. The minimum Gasteiger partial charge on any atom is -0.368 e. The molecule has 1 rings (SSSR count). The topological polar surface area (TPSA) is 117 Å². The fourth-order valence-corrected chi connectivity index (χ4v) is 1.99. The van der Waals surface area contributed by atoms with E-state index in [0.717, 1.165) is 5.69 Å². The van der Waals surface area contributed by atoms with E-state index in [0.29, 0.717) is 11.6 Å². The molecule has 1 amide bonds. The van der Waals surface area contributed by atoms with Gasteiger partial charge >= 0.3 is 0 Å². The van der Waals surface area contributed by atoms with Crippen LogP contribution in [-0.2, 0) is 4.79 Å². The quantitative estimate of drug-likeness (QED) is 0.332. The van der Waals surface area contributed by atoms with Crippen LogP contribution in [0.1, 0.15) is 16.7 Å². The van der Waals surface area contributed by atoms with Crippen molar-refractivity contribution in [2.45, 2.75) is 13.0 Å². The zero-order chi connectivity index (χ0) is 12.0. The van der Waals surface area contributed by atoms with Crippen LogP contribution in [0.25, 0.3) is 10.4 Å². The maximum atomic E-state index is 11.2. The lowest BCUT2D eigenvalue weighted by molar-refractivity contribution is -0.120. The summed E-state index contributed by atoms with van der Waals surface area (Å²) in [4.78, 5) is 18.0. The number of nitrogens with zero attached hydrogens (tertiary/aromatic N) is 4. The predicted molar refractivity (Wildman–Crippen MR) is 60.8 cm³/mol. The first kappa shape index (κ1) is 12.4. The molecule has 8 heteroatoms. The van der Waals surface area contributed by atoms with Crippen LogP contribution in [-0.4, -0.2) is 24.0 Å². The third-order valence-electron chi connectivity index (χ3n) is 1.79. The van der Waals surface area contributed by atoms with E-state index in [9.17, 15) is 4.79 Å². The monoisotopic (exact) mass is 240 g/mol. The number of nitrogens with two attached hydrogens (primary N) is 1. The van der Waals surface area contributed by atoms with Gasteiger partial charge in [-0.1, -0.05) is 5.11 Å². The SMILES string of the molecule is Cc1csc(C(NCCN=[N+]=[N-])C(N)=O)n1. The lowest BCUT2D eigenvalue weighted by atomic mass is 10.3. The van der Waals surface area contributed by atoms with Crippen LogP contribution in [0, 0.1) is 6.92 Å². The van der Waals surface area contributed by atoms with Crippen molar-refractivity contribution >= 4 is 17.2 Å². The average molecular weight is 240 g/mol. The van der Waals surface area contributed by atoms with E-state index in [-0.39, 0.29) is 6.54 Å². The number of amides is 1. The van der Waals surface area contributed by atoms with Crippen molar-refractivity contribution in [1.82, 2.24) is 10.3 Å². The normalized spacial score (nSPS) is 11.8. The molecule has 0 spiro atoms. The smallest absolute Gasteiger partial charge is 0.241 e. The van der Waals surface area contributed by atoms with Crippen LogP contribution in [0.15, 0.2) is 10.5 Å². The number of hydrogen-bond acceptors (Lipinski definition) is 5. The molecule has 7 nitrogen and oxygen atoms in total. The number of carbonyl (C=O) groups is 1. The number of aryl methyl sites for hydroxylation is 1. The number of azide groups is 1. The number of nitrogens with one attached hydrogen (secondary N) is 1. The highest BCUT2D eigenvalue weighted by molar-refractivity contribution is 7.09. The number of primary amides is 1. The molecule has 0 bridgehead atoms. The molecule has 0 fully saturated rings. The van der Waals surface area contributed by atoms with Crippen LogP contribution < -0.4 is 11.1 Å². The molecule has 1 aromatic heterocycles. The molecule has 0 saturated heterocycles. The van der Waals surface area contributed by atoms with E-state index in [4.69, 9.17) is 11.3 Å². The number of carbonyl (C=O) groups excluding carboxylic acids is 1. The fourth-order valence-electron chi connectivity index (χ4n) is 1.12. The van der Waals surface area contributed by atoms with E-state index < -0.39 is 11.9 Å². The predicted octanol–water partition coefficient (Wildman–Crippen LogP) is 0.878. The summed E-state index contributed by atoms with van der Waals surface area (Å²) < 4.78 is 0. The first-order valence-corrected chi connectivity index (χ1v) is 5.48. The number of aromatic nitrogens is 1. The molecule has 86 valence electrons. The van der Waals surface area contributed by atoms with Crippen molar-refractivity contribution in [1.29, 1.82) is 0 Å². The van der Waals surface area contributed by atoms with Crippen molar-refractivity contribution in [3.8, 4) is 0 Å². The van der Waals surface area contributed by atoms with Crippen molar-refractivity contribution in [2.24, 2.45) is 10.8 Å². The molecule has 1 heterocycles. The molecule has 0 aliphatic heterocycles. The van der Waals surface area contributed by atoms with Crippen molar-refractivity contribution in [2.75, 3.05) is 13.1 Å². The summed E-state index contributed by atoms with van der Waals surface area (Å²) in [5, 5.41) is 8.72. The van der Waals surface area contributed by atoms with Crippen molar-refractivity contribution < 1.29 is 4.79 Å². The van der Waals surface area contributed by atoms with E-state index in [1.165, 1.54) is 11.3 Å². The molecular formula is C8H12N6OS. The molecule has 1 atom stereocenters. The van der Waals surface area contributed by atoms with Crippen LogP contribution in [0.5, 0.6) is 0 Å². The van der Waals surface area contributed by atoms with Crippen LogP contribution in [0.3, 0.4) is 0 Å². The molecule has 0 aromatic carbocycles. The Labute approximate surface area is 96.3 Å². The molecule has 0 aliphatic rings. The highest BCUT2D eigenvalue weighted by Crippen LogP contribution is 2.17. The van der Waals surface area contributed by atoms with Gasteiger partial charge in [0.2, 0.25) is 5.91 Å². The van der Waals surface area contributed by atoms with Gasteiger partial charge in [0, 0.05) is 29.1 Å². The molecular weight excluding hydrogens is 228 g/mol. The van der Waals surface area contributed by atoms with Gasteiger partial charge in [-0.3, -0.25) is 4.79 Å². The van der Waals surface area contributed by atoms with Crippen molar-refractivity contribution in [3.63, 3.8) is 0 Å². The van der Waals surface area contributed by atoms with Crippen LogP contribution in [0.2, 0.25) is 0 Å². The second-order valence-corrected chi connectivity index (χ2v) is 3.96. The van der Waals surface area contributed by atoms with Crippen LogP contribution >= 0.6 is 11.3 Å². The Balaban J connectivity index is 2.61.